The van der Waals surface area contributed by atoms with Crippen molar-refractivity contribution in [3.63, 3.8) is 0 Å². The Morgan fingerprint density at radius 2 is 2.10 bits per heavy atom. The van der Waals surface area contributed by atoms with Crippen LogP contribution >= 0.6 is 0 Å². The van der Waals surface area contributed by atoms with Crippen molar-refractivity contribution >= 4 is 5.91 Å². The normalized spacial score (nSPS) is 9.40. The number of carbonyl (C=O) groups is 1. The van der Waals surface area contributed by atoms with E-state index >= 15 is 0 Å². The Hall–Kier alpha value is -0.650. The fourth-order valence-electron chi connectivity index (χ4n) is 0.329. The Kier molecular flexibility index (Phi) is 6.05. The highest BCUT2D eigenvalue weighted by atomic mass is 16.8. The van der Waals surface area contributed by atoms with Gasteiger partial charge in [0.1, 0.15) is 6.61 Å². The molecule has 0 bridgehead atoms. The van der Waals surface area contributed by atoms with Gasteiger partial charge in [-0.3, -0.25) is 4.79 Å². The van der Waals surface area contributed by atoms with Crippen LogP contribution in [-0.2, 0) is 19.1 Å². The van der Waals surface area contributed by atoms with E-state index in [1.807, 2.05) is 0 Å². The first-order valence-corrected chi connectivity index (χ1v) is 2.69. The predicted molar refractivity (Wildman–Crippen MR) is 33.0 cm³/mol. The summed E-state index contributed by atoms with van der Waals surface area (Å²) in [6.45, 7) is 0.0270. The highest BCUT2D eigenvalue weighted by Crippen LogP contribution is 1.71. The van der Waals surface area contributed by atoms with Crippen molar-refractivity contribution in [3.05, 3.63) is 0 Å². The molecule has 0 aromatic rings. The van der Waals surface area contributed by atoms with Crippen molar-refractivity contribution in [1.29, 1.82) is 0 Å². The zero-order valence-electron chi connectivity index (χ0n) is 6.05. The maximum absolute atomic E-state index is 10.5. The molecule has 60 valence electrons. The quantitative estimate of drug-likeness (QED) is 0.318. The summed E-state index contributed by atoms with van der Waals surface area (Å²) in [4.78, 5) is 15.0. The van der Waals surface area contributed by atoms with Crippen molar-refractivity contribution in [2.75, 3.05) is 27.6 Å². The third kappa shape index (κ3) is 5.49. The zero-order chi connectivity index (χ0) is 7.82. The molecule has 1 N–H and O–H groups in total. The minimum Gasteiger partial charge on any atom is -0.375 e. The number of hydroxylamine groups is 1. The van der Waals surface area contributed by atoms with Gasteiger partial charge in [0.25, 0.3) is 5.91 Å². The number of amides is 1. The van der Waals surface area contributed by atoms with Crippen LogP contribution in [0.1, 0.15) is 0 Å². The number of ether oxygens (including phenoxy) is 2. The average molecular weight is 149 g/mol. The molecule has 0 fully saturated rings. The largest absolute Gasteiger partial charge is 0.375 e. The standard InChI is InChI=1S/C5H11NO4/c1-8-3-5(7)6-10-4-9-2/h3-4H2,1-2H3,(H,6,7). The summed E-state index contributed by atoms with van der Waals surface area (Å²) in [5.74, 6) is -0.334. The maximum atomic E-state index is 10.5. The zero-order valence-corrected chi connectivity index (χ0v) is 6.05. The minimum atomic E-state index is -0.334. The van der Waals surface area contributed by atoms with Gasteiger partial charge in [0.05, 0.1) is 0 Å². The van der Waals surface area contributed by atoms with Gasteiger partial charge in [-0.15, -0.1) is 0 Å². The molecule has 5 heteroatoms. The van der Waals surface area contributed by atoms with E-state index in [1.54, 1.807) is 0 Å². The van der Waals surface area contributed by atoms with Crippen LogP contribution in [0.2, 0.25) is 0 Å². The highest BCUT2D eigenvalue weighted by Gasteiger charge is 1.96. The molecule has 5 nitrogen and oxygen atoms in total. The van der Waals surface area contributed by atoms with Crippen LogP contribution < -0.4 is 5.48 Å². The number of carbonyl (C=O) groups excluding carboxylic acids is 1. The van der Waals surface area contributed by atoms with Crippen molar-refractivity contribution in [2.24, 2.45) is 0 Å². The van der Waals surface area contributed by atoms with Gasteiger partial charge < -0.3 is 9.47 Å². The van der Waals surface area contributed by atoms with E-state index in [1.165, 1.54) is 14.2 Å². The van der Waals surface area contributed by atoms with Crippen LogP contribution in [-0.4, -0.2) is 33.5 Å². The first kappa shape index (κ1) is 9.35. The van der Waals surface area contributed by atoms with Crippen molar-refractivity contribution < 1.29 is 19.1 Å². The monoisotopic (exact) mass is 149 g/mol. The van der Waals surface area contributed by atoms with Gasteiger partial charge in [0.2, 0.25) is 0 Å². The van der Waals surface area contributed by atoms with Crippen molar-refractivity contribution in [2.45, 2.75) is 0 Å². The van der Waals surface area contributed by atoms with E-state index in [0.29, 0.717) is 0 Å². The van der Waals surface area contributed by atoms with E-state index in [4.69, 9.17) is 0 Å². The van der Waals surface area contributed by atoms with E-state index in [0.717, 1.165) is 0 Å². The summed E-state index contributed by atoms with van der Waals surface area (Å²) in [6.07, 6.45) is 0. The predicted octanol–water partition coefficient (Wildman–Crippen LogP) is -0.715. The van der Waals surface area contributed by atoms with Crippen LogP contribution in [0.4, 0.5) is 0 Å². The molecule has 0 aromatic heterocycles. The Morgan fingerprint density at radius 3 is 2.60 bits per heavy atom. The lowest BCUT2D eigenvalue weighted by molar-refractivity contribution is -0.148. The third-order valence-electron chi connectivity index (χ3n) is 0.638. The fraction of sp³-hybridized carbons (Fsp3) is 0.800. The fourth-order valence-corrected chi connectivity index (χ4v) is 0.329. The molecular formula is C5H11NO4. The Balaban J connectivity index is 3.05. The average Bonchev–Trinajstić information content (AvgIpc) is 1.89. The number of rotatable bonds is 5. The van der Waals surface area contributed by atoms with Crippen molar-refractivity contribution in [1.82, 2.24) is 5.48 Å². The summed E-state index contributed by atoms with van der Waals surface area (Å²) >= 11 is 0. The van der Waals surface area contributed by atoms with Crippen LogP contribution in [0.3, 0.4) is 0 Å². The second-order valence-electron chi connectivity index (χ2n) is 1.51. The van der Waals surface area contributed by atoms with Crippen LogP contribution in [0, 0.1) is 0 Å². The van der Waals surface area contributed by atoms with E-state index in [-0.39, 0.29) is 19.3 Å². The Morgan fingerprint density at radius 1 is 1.40 bits per heavy atom. The van der Waals surface area contributed by atoms with Gasteiger partial charge in [-0.2, -0.15) is 0 Å². The number of hydrogen-bond acceptors (Lipinski definition) is 4. The van der Waals surface area contributed by atoms with E-state index < -0.39 is 0 Å². The lowest BCUT2D eigenvalue weighted by Gasteiger charge is -2.02. The number of nitrogens with one attached hydrogen (secondary N) is 1. The molecule has 10 heavy (non-hydrogen) atoms. The molecule has 0 aliphatic rings. The van der Waals surface area contributed by atoms with E-state index in [2.05, 4.69) is 19.8 Å². The molecule has 1 amide bonds. The molecule has 0 unspecified atom stereocenters. The highest BCUT2D eigenvalue weighted by molar-refractivity contribution is 5.75. The van der Waals surface area contributed by atoms with Crippen LogP contribution in [0.5, 0.6) is 0 Å². The Labute approximate surface area is 59.2 Å². The molecule has 0 rings (SSSR count). The molecule has 0 radical (unpaired) electrons. The first-order chi connectivity index (χ1) is 4.81. The van der Waals surface area contributed by atoms with Crippen molar-refractivity contribution in [3.8, 4) is 0 Å². The minimum absolute atomic E-state index is 0.0102. The van der Waals surface area contributed by atoms with Gasteiger partial charge in [-0.25, -0.2) is 10.3 Å². The molecular weight excluding hydrogens is 138 g/mol. The van der Waals surface area contributed by atoms with Gasteiger partial charge in [-0.05, 0) is 0 Å². The van der Waals surface area contributed by atoms with Gasteiger partial charge >= 0.3 is 0 Å². The molecule has 0 atom stereocenters. The summed E-state index contributed by atoms with van der Waals surface area (Å²) < 4.78 is 8.99. The smallest absolute Gasteiger partial charge is 0.269 e. The first-order valence-electron chi connectivity index (χ1n) is 2.69. The second kappa shape index (κ2) is 6.47. The molecule has 0 saturated carbocycles. The molecule has 0 aromatic carbocycles. The van der Waals surface area contributed by atoms with Crippen LogP contribution in [0.15, 0.2) is 0 Å². The summed E-state index contributed by atoms with van der Waals surface area (Å²) in [5.41, 5.74) is 2.10. The summed E-state index contributed by atoms with van der Waals surface area (Å²) in [7, 11) is 2.89. The summed E-state index contributed by atoms with van der Waals surface area (Å²) in [5, 5.41) is 0. The molecule has 0 aliphatic carbocycles. The third-order valence-corrected chi connectivity index (χ3v) is 0.638. The van der Waals surface area contributed by atoms with Gasteiger partial charge in [0, 0.05) is 14.2 Å². The van der Waals surface area contributed by atoms with E-state index in [9.17, 15) is 4.79 Å². The topological polar surface area (TPSA) is 56.8 Å². The SMILES string of the molecule is COCONC(=O)COC. The Bertz CT molecular complexity index is 95.6. The lowest BCUT2D eigenvalue weighted by atomic mass is 10.7. The molecule has 0 aliphatic heterocycles. The summed E-state index contributed by atoms with van der Waals surface area (Å²) in [6, 6.07) is 0. The lowest BCUT2D eigenvalue weighted by Crippen LogP contribution is -2.27. The molecule has 0 spiro atoms. The number of hydrogen-bond donors (Lipinski definition) is 1. The molecule has 0 heterocycles. The van der Waals surface area contributed by atoms with Gasteiger partial charge in [0.15, 0.2) is 6.79 Å². The van der Waals surface area contributed by atoms with Gasteiger partial charge in [-0.1, -0.05) is 0 Å². The molecule has 0 saturated heterocycles. The maximum Gasteiger partial charge on any atom is 0.269 e. The van der Waals surface area contributed by atoms with Crippen LogP contribution in [0.25, 0.3) is 0 Å². The second-order valence-corrected chi connectivity index (χ2v) is 1.51. The number of methoxy groups -OCH3 is 2.